The normalized spacial score (nSPS) is 18.6. The molecule has 1 aromatic carbocycles. The summed E-state index contributed by atoms with van der Waals surface area (Å²) in [5, 5.41) is 3.75. The first-order valence-electron chi connectivity index (χ1n) is 8.59. The third kappa shape index (κ3) is 3.96. The quantitative estimate of drug-likeness (QED) is 0.743. The van der Waals surface area contributed by atoms with Gasteiger partial charge in [0.05, 0.1) is 10.5 Å². The number of benzene rings is 1. The van der Waals surface area contributed by atoms with Gasteiger partial charge in [-0.15, -0.1) is 0 Å². The molecule has 1 fully saturated rings. The average Bonchev–Trinajstić information content (AvgIpc) is 3.05. The molecule has 26 heavy (non-hydrogen) atoms. The first-order chi connectivity index (χ1) is 12.4. The molecule has 0 radical (unpaired) electrons. The summed E-state index contributed by atoms with van der Waals surface area (Å²) in [5.74, 6) is 0.0224. The Kier molecular flexibility index (Phi) is 5.43. The van der Waals surface area contributed by atoms with E-state index in [-0.39, 0.29) is 23.1 Å². The average molecular weight is 378 g/mol. The standard InChI is InChI=1S/C18H22N2O5S/c1-13-6-3-4-9-20(13)26(22,23)17-8-5-7-15(11-17)18(21)24-12-16-10-14(2)25-19-16/h5,7-8,10-11,13H,3-4,6,9,12H2,1-2H3/t13-/m1/s1. The van der Waals surface area contributed by atoms with E-state index < -0.39 is 16.0 Å². The molecule has 7 nitrogen and oxygen atoms in total. The van der Waals surface area contributed by atoms with Crippen LogP contribution < -0.4 is 0 Å². The van der Waals surface area contributed by atoms with E-state index in [1.165, 1.54) is 22.5 Å². The molecule has 0 aliphatic carbocycles. The monoisotopic (exact) mass is 378 g/mol. The van der Waals surface area contributed by atoms with Gasteiger partial charge in [-0.3, -0.25) is 0 Å². The number of hydrogen-bond acceptors (Lipinski definition) is 6. The molecule has 1 aliphatic rings. The molecule has 140 valence electrons. The summed E-state index contributed by atoms with van der Waals surface area (Å²) in [5.41, 5.74) is 0.692. The van der Waals surface area contributed by atoms with Crippen LogP contribution in [0.3, 0.4) is 0 Å². The molecule has 8 heteroatoms. The minimum Gasteiger partial charge on any atom is -0.455 e. The number of aryl methyl sites for hydroxylation is 1. The maximum absolute atomic E-state index is 12.9. The van der Waals surface area contributed by atoms with Gasteiger partial charge in [-0.1, -0.05) is 17.6 Å². The molecule has 0 amide bonds. The molecular formula is C18H22N2O5S. The molecule has 2 heterocycles. The third-order valence-corrected chi connectivity index (χ3v) is 6.46. The summed E-state index contributed by atoms with van der Waals surface area (Å²) < 4.78 is 37.4. The maximum Gasteiger partial charge on any atom is 0.338 e. The zero-order valence-electron chi connectivity index (χ0n) is 14.8. The lowest BCUT2D eigenvalue weighted by Gasteiger charge is -2.32. The lowest BCUT2D eigenvalue weighted by Crippen LogP contribution is -2.41. The Hall–Kier alpha value is -2.19. The van der Waals surface area contributed by atoms with E-state index in [9.17, 15) is 13.2 Å². The number of carbonyl (C=O) groups excluding carboxylic acids is 1. The number of hydrogen-bond donors (Lipinski definition) is 0. The number of rotatable bonds is 5. The van der Waals surface area contributed by atoms with Crippen molar-refractivity contribution in [2.75, 3.05) is 6.54 Å². The predicted molar refractivity (Wildman–Crippen MR) is 94.0 cm³/mol. The molecule has 0 bridgehead atoms. The SMILES string of the molecule is Cc1cc(COC(=O)c2cccc(S(=O)(=O)N3CCCC[C@H]3C)c2)no1. The second kappa shape index (κ2) is 7.59. The van der Waals surface area contributed by atoms with E-state index in [1.807, 2.05) is 6.92 Å². The zero-order valence-corrected chi connectivity index (χ0v) is 15.7. The molecule has 1 saturated heterocycles. The first-order valence-corrected chi connectivity index (χ1v) is 10.0. The van der Waals surface area contributed by atoms with Crippen LogP contribution in [0.15, 0.2) is 39.8 Å². The highest BCUT2D eigenvalue weighted by Gasteiger charge is 2.31. The third-order valence-electron chi connectivity index (χ3n) is 4.45. The van der Waals surface area contributed by atoms with Crippen molar-refractivity contribution in [2.24, 2.45) is 0 Å². The fraction of sp³-hybridized carbons (Fsp3) is 0.444. The number of piperidine rings is 1. The summed E-state index contributed by atoms with van der Waals surface area (Å²) in [4.78, 5) is 12.4. The molecule has 1 atom stereocenters. The topological polar surface area (TPSA) is 89.7 Å². The van der Waals surface area contributed by atoms with E-state index >= 15 is 0 Å². The van der Waals surface area contributed by atoms with Crippen LogP contribution in [0.5, 0.6) is 0 Å². The van der Waals surface area contributed by atoms with Crippen LogP contribution in [0, 0.1) is 6.92 Å². The van der Waals surface area contributed by atoms with Crippen LogP contribution in [-0.4, -0.2) is 36.4 Å². The smallest absolute Gasteiger partial charge is 0.338 e. The highest BCUT2D eigenvalue weighted by atomic mass is 32.2. The summed E-state index contributed by atoms with van der Waals surface area (Å²) in [7, 11) is -3.63. The number of sulfonamides is 1. The van der Waals surface area contributed by atoms with Gasteiger partial charge in [-0.05, 0) is 44.9 Å². The zero-order chi connectivity index (χ0) is 18.7. The molecule has 3 rings (SSSR count). The van der Waals surface area contributed by atoms with Gasteiger partial charge in [0.25, 0.3) is 0 Å². The summed E-state index contributed by atoms with van der Waals surface area (Å²) in [6.07, 6.45) is 2.72. The van der Waals surface area contributed by atoms with Crippen molar-refractivity contribution < 1.29 is 22.5 Å². The van der Waals surface area contributed by atoms with Crippen molar-refractivity contribution in [1.82, 2.24) is 9.46 Å². The van der Waals surface area contributed by atoms with Crippen LogP contribution >= 0.6 is 0 Å². The number of ether oxygens (including phenoxy) is 1. The Balaban J connectivity index is 1.75. The lowest BCUT2D eigenvalue weighted by atomic mass is 10.1. The van der Waals surface area contributed by atoms with Crippen LogP contribution in [0.25, 0.3) is 0 Å². The van der Waals surface area contributed by atoms with Gasteiger partial charge in [0.2, 0.25) is 10.0 Å². The molecule has 1 aliphatic heterocycles. The fourth-order valence-corrected chi connectivity index (χ4v) is 4.80. The van der Waals surface area contributed by atoms with Crippen molar-refractivity contribution in [1.29, 1.82) is 0 Å². The Bertz CT molecular complexity index is 890. The summed E-state index contributed by atoms with van der Waals surface area (Å²) >= 11 is 0. The molecule has 0 N–H and O–H groups in total. The lowest BCUT2D eigenvalue weighted by molar-refractivity contribution is 0.0464. The number of esters is 1. The first kappa shape index (κ1) is 18.6. The minimum absolute atomic E-state index is 0.0314. The van der Waals surface area contributed by atoms with E-state index in [1.54, 1.807) is 19.1 Å². The van der Waals surface area contributed by atoms with E-state index in [0.717, 1.165) is 19.3 Å². The van der Waals surface area contributed by atoms with Crippen molar-refractivity contribution in [3.05, 3.63) is 47.3 Å². The Morgan fingerprint density at radius 1 is 1.35 bits per heavy atom. The van der Waals surface area contributed by atoms with Crippen LogP contribution in [0.4, 0.5) is 0 Å². The largest absolute Gasteiger partial charge is 0.455 e. The molecule has 0 unspecified atom stereocenters. The highest BCUT2D eigenvalue weighted by molar-refractivity contribution is 7.89. The molecule has 0 spiro atoms. The van der Waals surface area contributed by atoms with Gasteiger partial charge >= 0.3 is 5.97 Å². The Morgan fingerprint density at radius 2 is 2.15 bits per heavy atom. The number of carbonyl (C=O) groups is 1. The van der Waals surface area contributed by atoms with Crippen LogP contribution in [0.1, 0.15) is 48.0 Å². The van der Waals surface area contributed by atoms with E-state index in [2.05, 4.69) is 5.16 Å². The van der Waals surface area contributed by atoms with Gasteiger partial charge in [-0.2, -0.15) is 4.31 Å². The summed E-state index contributed by atoms with van der Waals surface area (Å²) in [6, 6.07) is 7.60. The van der Waals surface area contributed by atoms with Gasteiger partial charge < -0.3 is 9.26 Å². The van der Waals surface area contributed by atoms with Crippen molar-refractivity contribution in [3.8, 4) is 0 Å². The van der Waals surface area contributed by atoms with Crippen molar-refractivity contribution >= 4 is 16.0 Å². The Labute approximate surface area is 153 Å². The van der Waals surface area contributed by atoms with Gasteiger partial charge in [0.15, 0.2) is 0 Å². The van der Waals surface area contributed by atoms with Crippen LogP contribution in [-0.2, 0) is 21.4 Å². The molecular weight excluding hydrogens is 356 g/mol. The fourth-order valence-electron chi connectivity index (χ4n) is 3.06. The molecule has 2 aromatic rings. The second-order valence-corrected chi connectivity index (χ2v) is 8.38. The van der Waals surface area contributed by atoms with Gasteiger partial charge in [0.1, 0.15) is 18.1 Å². The number of nitrogens with zero attached hydrogens (tertiary/aromatic N) is 2. The van der Waals surface area contributed by atoms with Gasteiger partial charge in [0, 0.05) is 18.7 Å². The Morgan fingerprint density at radius 3 is 2.85 bits per heavy atom. The molecule has 0 saturated carbocycles. The number of aromatic nitrogens is 1. The summed E-state index contributed by atoms with van der Waals surface area (Å²) in [6.45, 7) is 4.13. The minimum atomic E-state index is -3.63. The van der Waals surface area contributed by atoms with Crippen molar-refractivity contribution in [2.45, 2.75) is 50.7 Å². The van der Waals surface area contributed by atoms with Gasteiger partial charge in [-0.25, -0.2) is 13.2 Å². The predicted octanol–water partition coefficient (Wildman–Crippen LogP) is 2.90. The highest BCUT2D eigenvalue weighted by Crippen LogP contribution is 2.25. The van der Waals surface area contributed by atoms with E-state index in [4.69, 9.17) is 9.26 Å². The second-order valence-electron chi connectivity index (χ2n) is 6.49. The van der Waals surface area contributed by atoms with Crippen molar-refractivity contribution in [3.63, 3.8) is 0 Å². The van der Waals surface area contributed by atoms with Crippen LogP contribution in [0.2, 0.25) is 0 Å². The van der Waals surface area contributed by atoms with E-state index in [0.29, 0.717) is 18.0 Å². The maximum atomic E-state index is 12.9. The molecule has 1 aromatic heterocycles.